The lowest BCUT2D eigenvalue weighted by Crippen LogP contribution is -2.67. The van der Waals surface area contributed by atoms with Crippen molar-refractivity contribution in [3.05, 3.63) is 77.4 Å². The Labute approximate surface area is 280 Å². The lowest BCUT2D eigenvalue weighted by molar-refractivity contribution is -0.137. The third kappa shape index (κ3) is 8.74. The van der Waals surface area contributed by atoms with Crippen LogP contribution in [0.1, 0.15) is 29.0 Å². The number of hydrogen-bond acceptors (Lipinski definition) is 9. The van der Waals surface area contributed by atoms with E-state index < -0.39 is 13.0 Å². The highest BCUT2D eigenvalue weighted by atomic mass is 35.5. The molecule has 2 aliphatic heterocycles. The lowest BCUT2D eigenvalue weighted by Gasteiger charge is -2.53. The van der Waals surface area contributed by atoms with Crippen molar-refractivity contribution in [2.75, 3.05) is 60.2 Å². The number of aliphatic hydroxyl groups is 1. The highest BCUT2D eigenvalue weighted by Crippen LogP contribution is 2.37. The van der Waals surface area contributed by atoms with Crippen LogP contribution >= 0.6 is 24.8 Å². The fourth-order valence-electron chi connectivity index (χ4n) is 6.38. The molecule has 0 radical (unpaired) electrons. The maximum atomic E-state index is 13.2. The molecule has 2 saturated heterocycles. The van der Waals surface area contributed by atoms with Crippen LogP contribution in [0.15, 0.2) is 60.7 Å². The van der Waals surface area contributed by atoms with Crippen molar-refractivity contribution in [3.8, 4) is 17.8 Å². The summed E-state index contributed by atoms with van der Waals surface area (Å²) < 4.78 is 42.6. The fourth-order valence-corrected chi connectivity index (χ4v) is 6.38. The molecule has 14 heteroatoms. The van der Waals surface area contributed by atoms with Crippen LogP contribution in [0, 0.1) is 0 Å². The molecule has 46 heavy (non-hydrogen) atoms. The van der Waals surface area contributed by atoms with E-state index >= 15 is 0 Å². The van der Waals surface area contributed by atoms with Gasteiger partial charge in [-0.05, 0) is 11.1 Å². The molecule has 0 spiro atoms. The van der Waals surface area contributed by atoms with Crippen molar-refractivity contribution in [2.45, 2.75) is 37.4 Å². The number of aromatic nitrogens is 2. The van der Waals surface area contributed by atoms with E-state index in [1.807, 2.05) is 41.3 Å². The third-order valence-corrected chi connectivity index (χ3v) is 8.26. The molecule has 0 aliphatic carbocycles. The first-order chi connectivity index (χ1) is 21.4. The molecule has 10 nitrogen and oxygen atoms in total. The molecule has 5 rings (SSSR count). The molecule has 0 saturated carbocycles. The van der Waals surface area contributed by atoms with Gasteiger partial charge in [0.15, 0.2) is 6.61 Å². The van der Waals surface area contributed by atoms with Crippen molar-refractivity contribution in [1.29, 1.82) is 0 Å². The first kappa shape index (κ1) is 37.2. The van der Waals surface area contributed by atoms with Gasteiger partial charge < -0.3 is 24.2 Å². The summed E-state index contributed by atoms with van der Waals surface area (Å²) in [5, 5.41) is 9.41. The van der Waals surface area contributed by atoms with Gasteiger partial charge in [-0.2, -0.15) is 9.97 Å². The summed E-state index contributed by atoms with van der Waals surface area (Å²) in [4.78, 5) is 27.9. The van der Waals surface area contributed by atoms with Crippen molar-refractivity contribution < 1.29 is 32.9 Å². The van der Waals surface area contributed by atoms with Crippen molar-refractivity contribution in [3.63, 3.8) is 0 Å². The fraction of sp³-hybridized carbons (Fsp3) is 0.469. The zero-order valence-electron chi connectivity index (χ0n) is 25.8. The number of piperazine rings is 2. The zero-order chi connectivity index (χ0) is 31.1. The number of ether oxygens (including phenoxy) is 3. The molecule has 2 aliphatic rings. The van der Waals surface area contributed by atoms with Crippen LogP contribution < -0.4 is 14.2 Å². The van der Waals surface area contributed by atoms with Gasteiger partial charge in [0.05, 0.1) is 26.4 Å². The summed E-state index contributed by atoms with van der Waals surface area (Å²) in [6.45, 7) is 2.25. The van der Waals surface area contributed by atoms with Gasteiger partial charge in [-0.25, -0.2) is 8.78 Å². The Kier molecular flexibility index (Phi) is 14.2. The van der Waals surface area contributed by atoms with E-state index in [4.69, 9.17) is 14.2 Å². The molecular weight excluding hydrogens is 643 g/mol. The van der Waals surface area contributed by atoms with E-state index in [1.54, 1.807) is 0 Å². The van der Waals surface area contributed by atoms with Crippen LogP contribution in [0.25, 0.3) is 0 Å². The van der Waals surface area contributed by atoms with E-state index in [-0.39, 0.29) is 86.1 Å². The molecule has 3 aromatic rings. The Morgan fingerprint density at radius 2 is 1.54 bits per heavy atom. The van der Waals surface area contributed by atoms with E-state index in [1.165, 1.54) is 25.3 Å². The number of methoxy groups -OCH3 is 2. The summed E-state index contributed by atoms with van der Waals surface area (Å²) in [6.07, 6.45) is -2.60. The number of amides is 1. The molecular formula is C32H41Cl2F2N5O5. The van der Waals surface area contributed by atoms with Gasteiger partial charge in [-0.3, -0.25) is 14.6 Å². The third-order valence-electron chi connectivity index (χ3n) is 8.26. The predicted octanol–water partition coefficient (Wildman–Crippen LogP) is 3.89. The maximum Gasteiger partial charge on any atom is 0.322 e. The quantitative estimate of drug-likeness (QED) is 0.305. The van der Waals surface area contributed by atoms with Gasteiger partial charge >= 0.3 is 6.01 Å². The minimum absolute atomic E-state index is 0. The molecule has 1 amide bonds. The van der Waals surface area contributed by atoms with Gasteiger partial charge in [-0.15, -0.1) is 24.8 Å². The normalized spacial score (nSPS) is 18.4. The van der Waals surface area contributed by atoms with Gasteiger partial charge in [0, 0.05) is 63.7 Å². The monoisotopic (exact) mass is 683 g/mol. The van der Waals surface area contributed by atoms with Crippen molar-refractivity contribution in [2.24, 2.45) is 0 Å². The summed E-state index contributed by atoms with van der Waals surface area (Å²) in [7, 11) is 2.84. The summed E-state index contributed by atoms with van der Waals surface area (Å²) in [5.74, 6) is 0.118. The van der Waals surface area contributed by atoms with Gasteiger partial charge in [0.2, 0.25) is 17.7 Å². The van der Waals surface area contributed by atoms with Crippen LogP contribution in [0.5, 0.6) is 17.8 Å². The van der Waals surface area contributed by atoms with Crippen LogP contribution in [0.2, 0.25) is 0 Å². The van der Waals surface area contributed by atoms with Crippen LogP contribution in [0.3, 0.4) is 0 Å². The molecule has 0 bridgehead atoms. The molecule has 3 heterocycles. The van der Waals surface area contributed by atoms with E-state index in [0.717, 1.165) is 0 Å². The van der Waals surface area contributed by atoms with E-state index in [2.05, 4.69) is 44.0 Å². The standard InChI is InChI=1S/C32H39F2N5O5.2ClH/c1-42-30-25(31(44-21-27(33)34)36-32(35-30)43-2)19-37-17-24-18-38(28(41)13-16-40)14-15-39(24)26(20-37)29(22-9-5-3-6-10-22)23-11-7-4-8-12-23;;/h3-12,24,26-27,29,40H,13-21H2,1-2H3;2*1H/t24-,26+;;/m1../s1. The van der Waals surface area contributed by atoms with E-state index in [0.29, 0.717) is 38.3 Å². The average molecular weight is 685 g/mol. The second-order valence-electron chi connectivity index (χ2n) is 11.0. The number of aliphatic hydroxyl groups excluding tert-OH is 1. The Balaban J connectivity index is 0.00000288. The number of carbonyl (C=O) groups excluding carboxylic acids is 1. The van der Waals surface area contributed by atoms with E-state index in [9.17, 15) is 18.7 Å². The smallest absolute Gasteiger partial charge is 0.322 e. The Bertz CT molecular complexity index is 1340. The van der Waals surface area contributed by atoms with Crippen LogP contribution in [-0.4, -0.2) is 114 Å². The number of alkyl halides is 2. The molecule has 1 aromatic heterocycles. The molecule has 252 valence electrons. The maximum absolute atomic E-state index is 13.2. The number of rotatable bonds is 12. The zero-order valence-corrected chi connectivity index (χ0v) is 27.5. The highest BCUT2D eigenvalue weighted by Gasteiger charge is 2.43. The van der Waals surface area contributed by atoms with Gasteiger partial charge in [0.1, 0.15) is 0 Å². The predicted molar refractivity (Wildman–Crippen MR) is 174 cm³/mol. The second-order valence-corrected chi connectivity index (χ2v) is 11.0. The average Bonchev–Trinajstić information content (AvgIpc) is 3.05. The van der Waals surface area contributed by atoms with Crippen LogP contribution in [0.4, 0.5) is 8.78 Å². The molecule has 1 N–H and O–H groups in total. The minimum atomic E-state index is -2.69. The Morgan fingerprint density at radius 3 is 2.11 bits per heavy atom. The van der Waals surface area contributed by atoms with Gasteiger partial charge in [0.25, 0.3) is 6.43 Å². The molecule has 2 aromatic carbocycles. The largest absolute Gasteiger partial charge is 0.481 e. The Morgan fingerprint density at radius 1 is 0.913 bits per heavy atom. The number of benzene rings is 2. The number of nitrogens with zero attached hydrogens (tertiary/aromatic N) is 5. The number of halogens is 4. The molecule has 2 fully saturated rings. The first-order valence-corrected chi connectivity index (χ1v) is 14.8. The molecule has 2 atom stereocenters. The van der Waals surface area contributed by atoms with Gasteiger partial charge in [-0.1, -0.05) is 60.7 Å². The number of hydrogen-bond donors (Lipinski definition) is 1. The number of carbonyl (C=O) groups is 1. The topological polar surface area (TPSA) is 100 Å². The molecule has 0 unspecified atom stereocenters. The first-order valence-electron chi connectivity index (χ1n) is 14.8. The summed E-state index contributed by atoms with van der Waals surface area (Å²) in [6, 6.07) is 20.7. The lowest BCUT2D eigenvalue weighted by atomic mass is 9.81. The summed E-state index contributed by atoms with van der Waals surface area (Å²) in [5.41, 5.74) is 2.80. The highest BCUT2D eigenvalue weighted by molar-refractivity contribution is 5.85. The Hall–Kier alpha value is -3.29. The summed E-state index contributed by atoms with van der Waals surface area (Å²) >= 11 is 0. The van der Waals surface area contributed by atoms with Crippen molar-refractivity contribution >= 4 is 30.7 Å². The van der Waals surface area contributed by atoms with Crippen molar-refractivity contribution in [1.82, 2.24) is 24.7 Å². The second kappa shape index (κ2) is 17.6. The number of fused-ring (bicyclic) bond motifs is 1. The SMILES string of the molecule is COc1nc(OC)c(CN2C[C@@H]3CN(C(=O)CCO)CCN3[C@H](C(c3ccccc3)c3ccccc3)C2)c(OCC(F)F)n1.Cl.Cl. The van der Waals surface area contributed by atoms with Crippen LogP contribution in [-0.2, 0) is 11.3 Å². The minimum Gasteiger partial charge on any atom is -0.481 e.